The van der Waals surface area contributed by atoms with E-state index in [1.54, 1.807) is 19.9 Å². The first-order chi connectivity index (χ1) is 13.7. The van der Waals surface area contributed by atoms with Crippen LogP contribution in [0.3, 0.4) is 0 Å². The second-order valence-corrected chi connectivity index (χ2v) is 7.10. The molecule has 1 atom stereocenters. The largest absolute Gasteiger partial charge is 0.573 e. The minimum atomic E-state index is -4.78. The summed E-state index contributed by atoms with van der Waals surface area (Å²) in [7, 11) is 0. The Hall–Kier alpha value is -2.97. The molecule has 6 nitrogen and oxygen atoms in total. The van der Waals surface area contributed by atoms with Crippen LogP contribution in [0.5, 0.6) is 5.75 Å². The molecule has 1 aliphatic rings. The summed E-state index contributed by atoms with van der Waals surface area (Å²) in [4.78, 5) is 27.0. The first kappa shape index (κ1) is 20.8. The summed E-state index contributed by atoms with van der Waals surface area (Å²) in [6.07, 6.45) is -2.30. The molecule has 0 bridgehead atoms. The van der Waals surface area contributed by atoms with E-state index in [4.69, 9.17) is 4.42 Å². The molecule has 2 aromatic rings. The molecule has 0 saturated carbocycles. The number of nitrogens with one attached hydrogen (secondary N) is 1. The molecule has 0 saturated heterocycles. The van der Waals surface area contributed by atoms with Crippen molar-refractivity contribution in [2.75, 3.05) is 11.4 Å². The van der Waals surface area contributed by atoms with Crippen molar-refractivity contribution >= 4 is 17.5 Å². The van der Waals surface area contributed by atoms with Crippen LogP contribution in [-0.2, 0) is 11.2 Å². The van der Waals surface area contributed by atoms with Crippen LogP contribution in [0.4, 0.5) is 18.9 Å². The number of rotatable bonds is 5. The second-order valence-electron chi connectivity index (χ2n) is 7.10. The van der Waals surface area contributed by atoms with Crippen LogP contribution in [0.25, 0.3) is 0 Å². The molecule has 2 amide bonds. The highest BCUT2D eigenvalue weighted by Gasteiger charge is 2.34. The van der Waals surface area contributed by atoms with E-state index in [0.29, 0.717) is 30.6 Å². The van der Waals surface area contributed by atoms with Gasteiger partial charge in [0.05, 0.1) is 6.26 Å². The van der Waals surface area contributed by atoms with Crippen molar-refractivity contribution in [3.05, 3.63) is 47.9 Å². The van der Waals surface area contributed by atoms with E-state index in [2.05, 4.69) is 10.1 Å². The average Bonchev–Trinajstić information content (AvgIpc) is 3.18. The molecule has 0 aliphatic carbocycles. The molecule has 1 aromatic heterocycles. The number of halogens is 3. The zero-order valence-corrected chi connectivity index (χ0v) is 16.0. The van der Waals surface area contributed by atoms with Gasteiger partial charge in [-0.15, -0.1) is 13.2 Å². The molecule has 2 heterocycles. The van der Waals surface area contributed by atoms with E-state index in [1.165, 1.54) is 35.4 Å². The van der Waals surface area contributed by atoms with Crippen LogP contribution in [0, 0.1) is 5.92 Å². The van der Waals surface area contributed by atoms with Crippen molar-refractivity contribution in [1.29, 1.82) is 0 Å². The number of hydrogen-bond acceptors (Lipinski definition) is 4. The number of aryl methyl sites for hydroxylation is 1. The summed E-state index contributed by atoms with van der Waals surface area (Å²) in [5.74, 6) is -1.27. The van der Waals surface area contributed by atoms with Crippen molar-refractivity contribution < 1.29 is 31.9 Å². The third-order valence-corrected chi connectivity index (χ3v) is 4.63. The first-order valence-electron chi connectivity index (χ1n) is 9.20. The Morgan fingerprint density at radius 1 is 1.24 bits per heavy atom. The van der Waals surface area contributed by atoms with Crippen LogP contribution in [0.15, 0.2) is 41.0 Å². The lowest BCUT2D eigenvalue weighted by Gasteiger charge is -2.34. The Balaban J connectivity index is 1.82. The molecular formula is C20H21F3N2O4. The fourth-order valence-electron chi connectivity index (χ4n) is 3.30. The van der Waals surface area contributed by atoms with Gasteiger partial charge in [0.2, 0.25) is 5.91 Å². The van der Waals surface area contributed by atoms with Crippen molar-refractivity contribution in [3.8, 4) is 5.75 Å². The lowest BCUT2D eigenvalue weighted by atomic mass is 9.97. The molecule has 0 radical (unpaired) electrons. The molecule has 1 unspecified atom stereocenters. The van der Waals surface area contributed by atoms with Gasteiger partial charge in [-0.05, 0) is 54.7 Å². The molecule has 0 fully saturated rings. The smallest absolute Gasteiger partial charge is 0.459 e. The van der Waals surface area contributed by atoms with Gasteiger partial charge in [0, 0.05) is 12.2 Å². The number of hydrogen-bond donors (Lipinski definition) is 1. The molecule has 1 N–H and O–H groups in total. The minimum Gasteiger partial charge on any atom is -0.459 e. The Morgan fingerprint density at radius 2 is 2.00 bits per heavy atom. The summed E-state index contributed by atoms with van der Waals surface area (Å²) < 4.78 is 46.5. The zero-order chi connectivity index (χ0) is 21.2. The molecular weight excluding hydrogens is 389 g/mol. The summed E-state index contributed by atoms with van der Waals surface area (Å²) >= 11 is 0. The topological polar surface area (TPSA) is 71.8 Å². The van der Waals surface area contributed by atoms with E-state index in [-0.39, 0.29) is 23.3 Å². The fourth-order valence-corrected chi connectivity index (χ4v) is 3.30. The quantitative estimate of drug-likeness (QED) is 0.811. The van der Waals surface area contributed by atoms with E-state index < -0.39 is 18.3 Å². The number of carbonyl (C=O) groups excluding carboxylic acids is 2. The molecule has 29 heavy (non-hydrogen) atoms. The molecule has 9 heteroatoms. The summed E-state index contributed by atoms with van der Waals surface area (Å²) in [6, 6.07) is 6.18. The Labute approximate surface area is 165 Å². The maximum absolute atomic E-state index is 13.2. The van der Waals surface area contributed by atoms with Crippen LogP contribution >= 0.6 is 0 Å². The standard InChI is InChI=1S/C20H21F3N2O4/c1-12(2)17(24-18(26)16-6-4-10-28-16)19(27)25-9-3-5-13-11-14(7-8-15(13)25)29-20(21,22)23/h4,6-8,10-12,17H,3,5,9H2,1-2H3,(H,24,26). The number of furan rings is 1. The van der Waals surface area contributed by atoms with Crippen LogP contribution < -0.4 is 15.0 Å². The van der Waals surface area contributed by atoms with Gasteiger partial charge >= 0.3 is 6.36 Å². The number of fused-ring (bicyclic) bond motifs is 1. The molecule has 156 valence electrons. The van der Waals surface area contributed by atoms with Gasteiger partial charge < -0.3 is 19.4 Å². The predicted octanol–water partition coefficient (Wildman–Crippen LogP) is 3.91. The molecule has 0 spiro atoms. The number of ether oxygens (including phenoxy) is 1. The lowest BCUT2D eigenvalue weighted by Crippen LogP contribution is -2.52. The van der Waals surface area contributed by atoms with E-state index >= 15 is 0 Å². The third-order valence-electron chi connectivity index (χ3n) is 4.63. The fraction of sp³-hybridized carbons (Fsp3) is 0.400. The first-order valence-corrected chi connectivity index (χ1v) is 9.20. The normalized spacial score (nSPS) is 15.0. The number of benzene rings is 1. The van der Waals surface area contributed by atoms with Gasteiger partial charge in [-0.2, -0.15) is 0 Å². The highest BCUT2D eigenvalue weighted by Crippen LogP contribution is 2.33. The molecule has 1 aromatic carbocycles. The second kappa shape index (κ2) is 8.18. The number of carbonyl (C=O) groups is 2. The van der Waals surface area contributed by atoms with Crippen LogP contribution in [0.1, 0.15) is 36.4 Å². The Kier molecular flexibility index (Phi) is 5.86. The van der Waals surface area contributed by atoms with Crippen molar-refractivity contribution in [2.45, 2.75) is 39.1 Å². The maximum Gasteiger partial charge on any atom is 0.573 e. The SMILES string of the molecule is CC(C)C(NC(=O)c1ccco1)C(=O)N1CCCc2cc(OC(F)(F)F)ccc21. The minimum absolute atomic E-state index is 0.0939. The number of nitrogens with zero attached hydrogens (tertiary/aromatic N) is 1. The van der Waals surface area contributed by atoms with Crippen LogP contribution in [0.2, 0.25) is 0 Å². The molecule has 1 aliphatic heterocycles. The van der Waals surface area contributed by atoms with E-state index in [0.717, 1.165) is 0 Å². The highest BCUT2D eigenvalue weighted by molar-refractivity contribution is 6.02. The Bertz CT molecular complexity index is 878. The van der Waals surface area contributed by atoms with Gasteiger partial charge in [-0.25, -0.2) is 0 Å². The van der Waals surface area contributed by atoms with Gasteiger partial charge in [0.1, 0.15) is 11.8 Å². The highest BCUT2D eigenvalue weighted by atomic mass is 19.4. The average molecular weight is 410 g/mol. The third kappa shape index (κ3) is 4.90. The van der Waals surface area contributed by atoms with Crippen molar-refractivity contribution in [1.82, 2.24) is 5.32 Å². The number of alkyl halides is 3. The van der Waals surface area contributed by atoms with Crippen molar-refractivity contribution in [3.63, 3.8) is 0 Å². The van der Waals surface area contributed by atoms with Gasteiger partial charge in [-0.3, -0.25) is 9.59 Å². The van der Waals surface area contributed by atoms with Gasteiger partial charge in [0.15, 0.2) is 5.76 Å². The number of anilines is 1. The van der Waals surface area contributed by atoms with E-state index in [1.807, 2.05) is 0 Å². The van der Waals surface area contributed by atoms with Crippen molar-refractivity contribution in [2.24, 2.45) is 5.92 Å². The lowest BCUT2D eigenvalue weighted by molar-refractivity contribution is -0.274. The maximum atomic E-state index is 13.2. The summed E-state index contributed by atoms with van der Waals surface area (Å²) in [5, 5.41) is 2.69. The van der Waals surface area contributed by atoms with Gasteiger partial charge in [0.25, 0.3) is 5.91 Å². The van der Waals surface area contributed by atoms with E-state index in [9.17, 15) is 22.8 Å². The predicted molar refractivity (Wildman–Crippen MR) is 98.6 cm³/mol. The monoisotopic (exact) mass is 410 g/mol. The zero-order valence-electron chi connectivity index (χ0n) is 16.0. The van der Waals surface area contributed by atoms with Gasteiger partial charge in [-0.1, -0.05) is 13.8 Å². The Morgan fingerprint density at radius 3 is 2.62 bits per heavy atom. The summed E-state index contributed by atoms with van der Waals surface area (Å²) in [5.41, 5.74) is 1.11. The number of amides is 2. The molecule has 3 rings (SSSR count). The summed E-state index contributed by atoms with van der Waals surface area (Å²) in [6.45, 7) is 4.01. The van der Waals surface area contributed by atoms with Crippen LogP contribution in [-0.4, -0.2) is 30.8 Å².